The van der Waals surface area contributed by atoms with Crippen LogP contribution in [0.4, 0.5) is 0 Å². The minimum atomic E-state index is -0.878. The molecule has 1 saturated carbocycles. The maximum absolute atomic E-state index is 11.2. The molecule has 1 aromatic rings. The van der Waals surface area contributed by atoms with Gasteiger partial charge in [0.1, 0.15) is 5.75 Å². The van der Waals surface area contributed by atoms with E-state index in [1.807, 2.05) is 0 Å². The molecule has 1 aliphatic heterocycles. The van der Waals surface area contributed by atoms with E-state index < -0.39 is 5.97 Å². The molecule has 2 unspecified atom stereocenters. The molecule has 2 atom stereocenters. The van der Waals surface area contributed by atoms with Crippen LogP contribution in [0, 0.1) is 5.92 Å². The Labute approximate surface area is 125 Å². The van der Waals surface area contributed by atoms with Crippen molar-refractivity contribution < 1.29 is 14.6 Å². The molecule has 1 N–H and O–H groups in total. The van der Waals surface area contributed by atoms with Gasteiger partial charge in [0, 0.05) is 18.2 Å². The van der Waals surface area contributed by atoms with Crippen LogP contribution in [0.3, 0.4) is 0 Å². The molecule has 2 fully saturated rings. The van der Waals surface area contributed by atoms with E-state index in [9.17, 15) is 9.90 Å². The number of fused-ring (bicyclic) bond motifs is 1. The minimum absolute atomic E-state index is 0.339. The van der Waals surface area contributed by atoms with Crippen LogP contribution in [0.2, 0.25) is 0 Å². The van der Waals surface area contributed by atoms with Crippen LogP contribution < -0.4 is 4.74 Å². The molecule has 0 spiro atoms. The summed E-state index contributed by atoms with van der Waals surface area (Å²) in [6.07, 6.45) is 6.58. The summed E-state index contributed by atoms with van der Waals surface area (Å²) in [6, 6.07) is 5.82. The van der Waals surface area contributed by atoms with E-state index in [-0.39, 0.29) is 0 Å². The van der Waals surface area contributed by atoms with Gasteiger partial charge in [-0.25, -0.2) is 4.79 Å². The molecule has 3 rings (SSSR count). The van der Waals surface area contributed by atoms with Crippen molar-refractivity contribution >= 4 is 5.97 Å². The zero-order chi connectivity index (χ0) is 14.8. The van der Waals surface area contributed by atoms with E-state index in [1.165, 1.54) is 32.1 Å². The van der Waals surface area contributed by atoms with Crippen LogP contribution in [0.25, 0.3) is 0 Å². The molecule has 21 heavy (non-hydrogen) atoms. The highest BCUT2D eigenvalue weighted by Crippen LogP contribution is 2.38. The molecule has 1 saturated heterocycles. The lowest BCUT2D eigenvalue weighted by Crippen LogP contribution is -2.41. The lowest BCUT2D eigenvalue weighted by Gasteiger charge is -2.38. The van der Waals surface area contributed by atoms with Crippen molar-refractivity contribution in [1.82, 2.24) is 4.90 Å². The van der Waals surface area contributed by atoms with Crippen molar-refractivity contribution in [1.29, 1.82) is 0 Å². The monoisotopic (exact) mass is 289 g/mol. The number of carboxylic acid groups (broad SMARTS) is 1. The maximum Gasteiger partial charge on any atom is 0.335 e. The first-order chi connectivity index (χ1) is 10.2. The third-order valence-corrected chi connectivity index (χ3v) is 5.01. The number of carboxylic acids is 1. The van der Waals surface area contributed by atoms with Crippen LogP contribution in [0.1, 0.15) is 48.0 Å². The SMILES string of the molecule is COc1ccc(C(=O)O)cc1CN1CCCC2CCCC21. The van der Waals surface area contributed by atoms with Crippen molar-refractivity contribution in [2.75, 3.05) is 13.7 Å². The number of carbonyl (C=O) groups is 1. The van der Waals surface area contributed by atoms with Gasteiger partial charge in [-0.3, -0.25) is 4.90 Å². The summed E-state index contributed by atoms with van der Waals surface area (Å²) >= 11 is 0. The first kappa shape index (κ1) is 14.4. The Morgan fingerprint density at radius 2 is 2.14 bits per heavy atom. The largest absolute Gasteiger partial charge is 0.496 e. The highest BCUT2D eigenvalue weighted by molar-refractivity contribution is 5.88. The molecule has 4 heteroatoms. The molecule has 0 aromatic heterocycles. The Morgan fingerprint density at radius 3 is 2.90 bits per heavy atom. The molecular weight excluding hydrogens is 266 g/mol. The third-order valence-electron chi connectivity index (χ3n) is 5.01. The third kappa shape index (κ3) is 2.91. The van der Waals surface area contributed by atoms with Crippen molar-refractivity contribution in [3.63, 3.8) is 0 Å². The van der Waals surface area contributed by atoms with E-state index in [0.29, 0.717) is 11.6 Å². The van der Waals surface area contributed by atoms with Gasteiger partial charge in [0.2, 0.25) is 0 Å². The Kier molecular flexibility index (Phi) is 4.15. The molecule has 0 amide bonds. The molecule has 4 nitrogen and oxygen atoms in total. The van der Waals surface area contributed by atoms with Crippen LogP contribution in [-0.2, 0) is 6.54 Å². The van der Waals surface area contributed by atoms with Gasteiger partial charge in [-0.05, 0) is 56.3 Å². The number of nitrogens with zero attached hydrogens (tertiary/aromatic N) is 1. The zero-order valence-corrected chi connectivity index (χ0v) is 12.5. The van der Waals surface area contributed by atoms with Crippen LogP contribution in [-0.4, -0.2) is 35.7 Å². The summed E-state index contributed by atoms with van der Waals surface area (Å²) in [6.45, 7) is 1.91. The zero-order valence-electron chi connectivity index (χ0n) is 12.5. The Bertz CT molecular complexity index is 529. The molecule has 1 aromatic carbocycles. The highest BCUT2D eigenvalue weighted by Gasteiger charge is 2.35. The predicted molar refractivity (Wildman–Crippen MR) is 80.7 cm³/mol. The predicted octanol–water partition coefficient (Wildman–Crippen LogP) is 3.16. The van der Waals surface area contributed by atoms with Gasteiger partial charge in [-0.1, -0.05) is 6.42 Å². The number of methoxy groups -OCH3 is 1. The fraction of sp³-hybridized carbons (Fsp3) is 0.588. The molecule has 0 bridgehead atoms. The molecule has 0 radical (unpaired) electrons. The summed E-state index contributed by atoms with van der Waals surface area (Å²) in [5.41, 5.74) is 1.33. The summed E-state index contributed by atoms with van der Waals surface area (Å²) in [7, 11) is 1.65. The second-order valence-corrected chi connectivity index (χ2v) is 6.20. The summed E-state index contributed by atoms with van der Waals surface area (Å²) in [5.74, 6) is 0.754. The van der Waals surface area contributed by atoms with Gasteiger partial charge in [0.15, 0.2) is 0 Å². The topological polar surface area (TPSA) is 49.8 Å². The molecule has 1 heterocycles. The van der Waals surface area contributed by atoms with Gasteiger partial charge < -0.3 is 9.84 Å². The molecule has 1 aliphatic carbocycles. The van der Waals surface area contributed by atoms with E-state index in [4.69, 9.17) is 4.74 Å². The van der Waals surface area contributed by atoms with Crippen molar-refractivity contribution in [2.45, 2.75) is 44.7 Å². The summed E-state index contributed by atoms with van der Waals surface area (Å²) in [5, 5.41) is 9.17. The van der Waals surface area contributed by atoms with E-state index in [2.05, 4.69) is 4.90 Å². The molecular formula is C17H23NO3. The van der Waals surface area contributed by atoms with Gasteiger partial charge in [0.05, 0.1) is 12.7 Å². The standard InChI is InChI=1S/C17H23NO3/c1-21-16-8-7-13(17(19)20)10-14(16)11-18-9-3-5-12-4-2-6-15(12)18/h7-8,10,12,15H,2-6,9,11H2,1H3,(H,19,20). The number of rotatable bonds is 4. The van der Waals surface area contributed by atoms with E-state index in [1.54, 1.807) is 25.3 Å². The molecule has 114 valence electrons. The maximum atomic E-state index is 11.2. The minimum Gasteiger partial charge on any atom is -0.496 e. The second-order valence-electron chi connectivity index (χ2n) is 6.20. The molecule has 2 aliphatic rings. The second kappa shape index (κ2) is 6.06. The summed E-state index contributed by atoms with van der Waals surface area (Å²) in [4.78, 5) is 13.7. The fourth-order valence-electron chi connectivity index (χ4n) is 4.01. The van der Waals surface area contributed by atoms with Gasteiger partial charge in [-0.2, -0.15) is 0 Å². The average molecular weight is 289 g/mol. The van der Waals surface area contributed by atoms with Crippen molar-refractivity contribution in [2.24, 2.45) is 5.92 Å². The number of aromatic carboxylic acids is 1. The number of likely N-dealkylation sites (tertiary alicyclic amines) is 1. The quantitative estimate of drug-likeness (QED) is 0.925. The van der Waals surface area contributed by atoms with E-state index in [0.717, 1.165) is 30.3 Å². The summed E-state index contributed by atoms with van der Waals surface area (Å²) < 4.78 is 5.41. The smallest absolute Gasteiger partial charge is 0.335 e. The number of benzene rings is 1. The lowest BCUT2D eigenvalue weighted by molar-refractivity contribution is 0.0696. The fourth-order valence-corrected chi connectivity index (χ4v) is 4.01. The Hall–Kier alpha value is -1.55. The van der Waals surface area contributed by atoms with E-state index >= 15 is 0 Å². The normalized spacial score (nSPS) is 25.6. The number of ether oxygens (including phenoxy) is 1. The lowest BCUT2D eigenvalue weighted by atomic mass is 9.91. The van der Waals surface area contributed by atoms with Gasteiger partial charge in [0.25, 0.3) is 0 Å². The van der Waals surface area contributed by atoms with Crippen LogP contribution >= 0.6 is 0 Å². The highest BCUT2D eigenvalue weighted by atomic mass is 16.5. The average Bonchev–Trinajstić information content (AvgIpc) is 2.96. The number of piperidine rings is 1. The first-order valence-corrected chi connectivity index (χ1v) is 7.83. The number of hydrogen-bond donors (Lipinski definition) is 1. The van der Waals surface area contributed by atoms with Gasteiger partial charge >= 0.3 is 5.97 Å². The van der Waals surface area contributed by atoms with Gasteiger partial charge in [-0.15, -0.1) is 0 Å². The first-order valence-electron chi connectivity index (χ1n) is 7.83. The van der Waals surface area contributed by atoms with Crippen LogP contribution in [0.15, 0.2) is 18.2 Å². The number of hydrogen-bond acceptors (Lipinski definition) is 3. The van der Waals surface area contributed by atoms with Crippen molar-refractivity contribution in [3.8, 4) is 5.75 Å². The van der Waals surface area contributed by atoms with Crippen molar-refractivity contribution in [3.05, 3.63) is 29.3 Å². The Morgan fingerprint density at radius 1 is 1.33 bits per heavy atom. The van der Waals surface area contributed by atoms with Crippen LogP contribution in [0.5, 0.6) is 5.75 Å². The Balaban J connectivity index is 1.82.